The lowest BCUT2D eigenvalue weighted by Gasteiger charge is -2.19. The molecule has 0 saturated heterocycles. The molecule has 0 aliphatic carbocycles. The topological polar surface area (TPSA) is 90.7 Å². The van der Waals surface area contributed by atoms with Crippen molar-refractivity contribution < 1.29 is 22.3 Å². The summed E-state index contributed by atoms with van der Waals surface area (Å²) in [6, 6.07) is 14.6. The van der Waals surface area contributed by atoms with Gasteiger partial charge < -0.3 is 13.9 Å². The molecule has 5 rings (SSSR count). The Kier molecular flexibility index (Phi) is 5.50. The molecule has 1 N–H and O–H groups in total. The molecule has 1 aliphatic heterocycles. The van der Waals surface area contributed by atoms with E-state index in [1.165, 1.54) is 18.3 Å². The van der Waals surface area contributed by atoms with Crippen LogP contribution < -0.4 is 14.2 Å². The van der Waals surface area contributed by atoms with E-state index in [2.05, 4.69) is 9.71 Å². The Labute approximate surface area is 190 Å². The number of halogens is 1. The number of para-hydroxylation sites is 1. The van der Waals surface area contributed by atoms with Crippen LogP contribution in [0.3, 0.4) is 0 Å². The van der Waals surface area contributed by atoms with Crippen LogP contribution in [0.4, 0.5) is 0 Å². The number of benzene rings is 2. The number of nitrogens with one attached hydrogen (secondary N) is 1. The molecule has 3 heterocycles. The average molecular weight is 471 g/mol. The first kappa shape index (κ1) is 20.8. The number of furan rings is 1. The number of hydrogen-bond acceptors (Lipinski definition) is 6. The molecule has 2 aromatic carbocycles. The van der Waals surface area contributed by atoms with E-state index in [9.17, 15) is 8.42 Å². The second-order valence-corrected chi connectivity index (χ2v) is 9.42. The van der Waals surface area contributed by atoms with Gasteiger partial charge in [0.15, 0.2) is 11.5 Å². The molecule has 0 fully saturated rings. The fourth-order valence-electron chi connectivity index (χ4n) is 3.57. The molecule has 32 heavy (non-hydrogen) atoms. The molecule has 0 saturated carbocycles. The molecule has 1 atom stereocenters. The quantitative estimate of drug-likeness (QED) is 0.454. The molecule has 7 nitrogen and oxygen atoms in total. The van der Waals surface area contributed by atoms with E-state index in [4.69, 9.17) is 25.5 Å². The number of pyridine rings is 1. The smallest absolute Gasteiger partial charge is 0.241 e. The van der Waals surface area contributed by atoms with Crippen molar-refractivity contribution in [2.24, 2.45) is 0 Å². The van der Waals surface area contributed by atoms with Gasteiger partial charge in [-0.25, -0.2) is 8.42 Å². The van der Waals surface area contributed by atoms with Crippen LogP contribution >= 0.6 is 11.6 Å². The number of fused-ring (bicyclic) bond motifs is 2. The van der Waals surface area contributed by atoms with Gasteiger partial charge in [0.1, 0.15) is 17.4 Å². The van der Waals surface area contributed by atoms with Gasteiger partial charge in [-0.15, -0.1) is 0 Å². The summed E-state index contributed by atoms with van der Waals surface area (Å²) in [5, 5.41) is 1.17. The van der Waals surface area contributed by atoms with Gasteiger partial charge in [-0.05, 0) is 35.9 Å². The largest absolute Gasteiger partial charge is 0.490 e. The summed E-state index contributed by atoms with van der Waals surface area (Å²) in [5.41, 5.74) is 1.17. The lowest BCUT2D eigenvalue weighted by atomic mass is 10.1. The summed E-state index contributed by atoms with van der Waals surface area (Å²) >= 11 is 6.38. The van der Waals surface area contributed by atoms with Crippen molar-refractivity contribution in [1.82, 2.24) is 9.71 Å². The number of sulfonamides is 1. The van der Waals surface area contributed by atoms with E-state index in [1.807, 2.05) is 24.3 Å². The maximum atomic E-state index is 13.4. The van der Waals surface area contributed by atoms with Crippen LogP contribution in [0.2, 0.25) is 5.02 Å². The van der Waals surface area contributed by atoms with Crippen LogP contribution in [-0.4, -0.2) is 26.6 Å². The molecule has 0 radical (unpaired) electrons. The van der Waals surface area contributed by atoms with Crippen LogP contribution in [0.25, 0.3) is 11.0 Å². The summed E-state index contributed by atoms with van der Waals surface area (Å²) < 4.78 is 46.7. The van der Waals surface area contributed by atoms with Crippen LogP contribution in [0.1, 0.15) is 23.8 Å². The van der Waals surface area contributed by atoms with Crippen molar-refractivity contribution in [2.45, 2.75) is 17.4 Å². The van der Waals surface area contributed by atoms with Crippen molar-refractivity contribution in [2.75, 3.05) is 13.2 Å². The van der Waals surface area contributed by atoms with Gasteiger partial charge in [-0.3, -0.25) is 4.98 Å². The predicted molar refractivity (Wildman–Crippen MR) is 120 cm³/mol. The van der Waals surface area contributed by atoms with Crippen LogP contribution in [-0.2, 0) is 10.0 Å². The second-order valence-electron chi connectivity index (χ2n) is 7.30. The minimum absolute atomic E-state index is 0.0491. The van der Waals surface area contributed by atoms with E-state index >= 15 is 0 Å². The Bertz CT molecular complexity index is 1350. The highest BCUT2D eigenvalue weighted by Gasteiger charge is 2.28. The minimum Gasteiger partial charge on any atom is -0.490 e. The highest BCUT2D eigenvalue weighted by Crippen LogP contribution is 2.35. The van der Waals surface area contributed by atoms with Crippen molar-refractivity contribution in [3.63, 3.8) is 0 Å². The van der Waals surface area contributed by atoms with Crippen molar-refractivity contribution in [3.05, 3.63) is 83.3 Å². The van der Waals surface area contributed by atoms with Gasteiger partial charge in [0.25, 0.3) is 0 Å². The highest BCUT2D eigenvalue weighted by molar-refractivity contribution is 7.89. The molecular weight excluding hydrogens is 452 g/mol. The third-order valence-corrected chi connectivity index (χ3v) is 6.88. The summed E-state index contributed by atoms with van der Waals surface area (Å²) in [6.07, 6.45) is 3.75. The first-order valence-corrected chi connectivity index (χ1v) is 11.9. The van der Waals surface area contributed by atoms with Crippen molar-refractivity contribution >= 4 is 32.6 Å². The predicted octanol–water partition coefficient (Wildman–Crippen LogP) is 4.71. The number of aromatic nitrogens is 1. The maximum absolute atomic E-state index is 13.4. The van der Waals surface area contributed by atoms with E-state index in [-0.39, 0.29) is 4.90 Å². The first-order chi connectivity index (χ1) is 15.5. The third kappa shape index (κ3) is 4.04. The molecular formula is C23H19ClN2O5S. The summed E-state index contributed by atoms with van der Waals surface area (Å²) in [5.74, 6) is 1.33. The Balaban J connectivity index is 1.56. The van der Waals surface area contributed by atoms with Gasteiger partial charge in [0.05, 0.1) is 23.1 Å². The highest BCUT2D eigenvalue weighted by atomic mass is 35.5. The van der Waals surface area contributed by atoms with E-state index in [1.54, 1.807) is 24.4 Å². The third-order valence-electron chi connectivity index (χ3n) is 5.15. The van der Waals surface area contributed by atoms with Gasteiger partial charge in [0.2, 0.25) is 10.0 Å². The summed E-state index contributed by atoms with van der Waals surface area (Å²) in [7, 11) is -3.98. The molecule has 0 bridgehead atoms. The molecule has 4 aromatic rings. The zero-order valence-electron chi connectivity index (χ0n) is 16.8. The number of nitrogens with zero attached hydrogens (tertiary/aromatic N) is 1. The number of rotatable bonds is 5. The Morgan fingerprint density at radius 3 is 2.62 bits per heavy atom. The van der Waals surface area contributed by atoms with Gasteiger partial charge in [0, 0.05) is 30.3 Å². The monoisotopic (exact) mass is 470 g/mol. The van der Waals surface area contributed by atoms with Gasteiger partial charge >= 0.3 is 0 Å². The zero-order chi connectivity index (χ0) is 22.1. The molecule has 164 valence electrons. The van der Waals surface area contributed by atoms with Crippen LogP contribution in [0, 0.1) is 0 Å². The zero-order valence-corrected chi connectivity index (χ0v) is 18.4. The van der Waals surface area contributed by atoms with Crippen molar-refractivity contribution in [1.29, 1.82) is 0 Å². The molecule has 0 unspecified atom stereocenters. The molecule has 9 heteroatoms. The van der Waals surface area contributed by atoms with Gasteiger partial charge in [-0.1, -0.05) is 29.8 Å². The van der Waals surface area contributed by atoms with Crippen LogP contribution in [0.15, 0.2) is 76.3 Å². The van der Waals surface area contributed by atoms with Crippen LogP contribution in [0.5, 0.6) is 11.5 Å². The number of ether oxygens (including phenoxy) is 2. The SMILES string of the molecule is O=S(=O)(N[C@@H](c1cc2ccccc2o1)c1ccncc1Cl)c1ccc2c(c1)OCCCO2. The minimum atomic E-state index is -3.98. The maximum Gasteiger partial charge on any atom is 0.241 e. The molecule has 2 aromatic heterocycles. The second kappa shape index (κ2) is 8.46. The summed E-state index contributed by atoms with van der Waals surface area (Å²) in [4.78, 5) is 4.05. The standard InChI is InChI=1S/C23H19ClN2O5S/c24-18-14-25-9-8-17(18)23(22-12-15-4-1-2-5-19(15)31-22)26-32(27,28)16-6-7-20-21(13-16)30-11-3-10-29-20/h1-2,4-9,12-14,23,26H,3,10-11H2/t23-/m1/s1. The fourth-order valence-corrected chi connectivity index (χ4v) is 5.00. The Morgan fingerprint density at radius 2 is 1.81 bits per heavy atom. The van der Waals surface area contributed by atoms with E-state index < -0.39 is 16.1 Å². The lowest BCUT2D eigenvalue weighted by Crippen LogP contribution is -2.29. The lowest BCUT2D eigenvalue weighted by molar-refractivity contribution is 0.297. The average Bonchev–Trinajstić information content (AvgIpc) is 3.08. The first-order valence-electron chi connectivity index (χ1n) is 10.0. The Hall–Kier alpha value is -3.07. The fraction of sp³-hybridized carbons (Fsp3) is 0.174. The normalized spacial score (nSPS) is 14.8. The van der Waals surface area contributed by atoms with E-state index in [0.29, 0.717) is 46.6 Å². The van der Waals surface area contributed by atoms with E-state index in [0.717, 1.165) is 11.8 Å². The number of hydrogen-bond donors (Lipinski definition) is 1. The molecule has 1 aliphatic rings. The summed E-state index contributed by atoms with van der Waals surface area (Å²) in [6.45, 7) is 0.976. The van der Waals surface area contributed by atoms with Gasteiger partial charge in [-0.2, -0.15) is 4.72 Å². The Morgan fingerprint density at radius 1 is 1.00 bits per heavy atom. The molecule has 0 amide bonds. The van der Waals surface area contributed by atoms with Crippen molar-refractivity contribution in [3.8, 4) is 11.5 Å². The molecule has 0 spiro atoms.